The van der Waals surface area contributed by atoms with Crippen molar-refractivity contribution in [2.75, 3.05) is 0 Å². The first-order valence-electron chi connectivity index (χ1n) is 2.61. The molecule has 0 heterocycles. The van der Waals surface area contributed by atoms with Crippen LogP contribution in [0.4, 0.5) is 0 Å². The zero-order valence-electron chi connectivity index (χ0n) is 6.81. The fourth-order valence-electron chi connectivity index (χ4n) is 0. The van der Waals surface area contributed by atoms with Crippen molar-refractivity contribution >= 4 is 12.4 Å². The van der Waals surface area contributed by atoms with Gasteiger partial charge in [0.1, 0.15) is 0 Å². The Balaban J connectivity index is -0.0000000569. The number of aliphatic carboxylic acids is 1. The van der Waals surface area contributed by atoms with Gasteiger partial charge in [-0.05, 0) is 20.8 Å². The first-order chi connectivity index (χ1) is 4.36. The summed E-state index contributed by atoms with van der Waals surface area (Å²) in [5, 5.41) is 15.0. The van der Waals surface area contributed by atoms with Gasteiger partial charge in [-0.2, -0.15) is 0 Å². The van der Waals surface area contributed by atoms with Crippen LogP contribution in [0.5, 0.6) is 0 Å². The maximum atomic E-state index is 10.0. The van der Waals surface area contributed by atoms with E-state index in [4.69, 9.17) is 15.0 Å². The van der Waals surface area contributed by atoms with E-state index in [9.17, 15) is 4.79 Å². The Morgan fingerprint density at radius 2 is 1.42 bits per heavy atom. The SMILES string of the molecule is CC(C)(C)C(=O)O.O=[C-]O.[Ag+].[Ag]. The van der Waals surface area contributed by atoms with Crippen molar-refractivity contribution in [1.29, 1.82) is 0 Å². The van der Waals surface area contributed by atoms with Gasteiger partial charge in [0.15, 0.2) is 0 Å². The molecule has 0 saturated carbocycles. The molecular weight excluding hydrogens is 352 g/mol. The minimum Gasteiger partial charge on any atom is -0.665 e. The average molecular weight is 363 g/mol. The fourth-order valence-corrected chi connectivity index (χ4v) is 0. The van der Waals surface area contributed by atoms with Gasteiger partial charge in [0.2, 0.25) is 0 Å². The molecule has 0 spiro atoms. The molecule has 0 aliphatic heterocycles. The normalized spacial score (nSPS) is 7.58. The van der Waals surface area contributed by atoms with Gasteiger partial charge in [-0.1, -0.05) is 6.47 Å². The van der Waals surface area contributed by atoms with E-state index < -0.39 is 11.4 Å². The van der Waals surface area contributed by atoms with Gasteiger partial charge in [-0.15, -0.1) is 0 Å². The van der Waals surface area contributed by atoms with Crippen LogP contribution >= 0.6 is 0 Å². The van der Waals surface area contributed by atoms with Crippen molar-refractivity contribution < 1.29 is 64.6 Å². The maximum Gasteiger partial charge on any atom is 1.00 e. The van der Waals surface area contributed by atoms with Crippen LogP contribution in [-0.2, 0) is 54.3 Å². The van der Waals surface area contributed by atoms with E-state index in [1.165, 1.54) is 0 Å². The molecule has 12 heavy (non-hydrogen) atoms. The summed E-state index contributed by atoms with van der Waals surface area (Å²) < 4.78 is 0. The van der Waals surface area contributed by atoms with E-state index in [0.717, 1.165) is 0 Å². The quantitative estimate of drug-likeness (QED) is 0.492. The standard InChI is InChI=1S/C5H10O2.CHO2.2Ag/c1-5(2,3)4(6)7;2-1-3;;/h1-3H3,(H,6,7);(H,2,3);;/q;-1;;+1. The molecule has 0 aliphatic rings. The third-order valence-corrected chi connectivity index (χ3v) is 0.642. The van der Waals surface area contributed by atoms with Crippen LogP contribution in [0.2, 0.25) is 0 Å². The van der Waals surface area contributed by atoms with Crippen LogP contribution in [0, 0.1) is 5.41 Å². The molecule has 0 aliphatic carbocycles. The molecule has 0 aromatic heterocycles. The summed E-state index contributed by atoms with van der Waals surface area (Å²) in [7, 11) is 0. The second-order valence-electron chi connectivity index (χ2n) is 2.65. The second kappa shape index (κ2) is 11.4. The maximum absolute atomic E-state index is 10.0. The van der Waals surface area contributed by atoms with Crippen LogP contribution in [0.1, 0.15) is 20.8 Å². The Kier molecular flexibility index (Phi) is 21.7. The van der Waals surface area contributed by atoms with E-state index in [1.54, 1.807) is 20.8 Å². The molecule has 4 nitrogen and oxygen atoms in total. The minimum atomic E-state index is -0.757. The van der Waals surface area contributed by atoms with Crippen LogP contribution in [0.15, 0.2) is 0 Å². The number of carboxylic acids is 1. The predicted molar refractivity (Wildman–Crippen MR) is 35.4 cm³/mol. The number of aliphatic hydroxyl groups excluding tert-OH is 1. The van der Waals surface area contributed by atoms with Gasteiger partial charge in [-0.25, -0.2) is 0 Å². The average Bonchev–Trinajstić information content (AvgIpc) is 1.64. The Bertz CT molecular complexity index is 119. The number of carbonyl (C=O) groups is 1. The fraction of sp³-hybridized carbons (Fsp3) is 0.667. The molecular formula is C6H11Ag2O4. The van der Waals surface area contributed by atoms with Crippen molar-refractivity contribution in [1.82, 2.24) is 0 Å². The van der Waals surface area contributed by atoms with Crippen LogP contribution < -0.4 is 0 Å². The Hall–Kier alpha value is 0.421. The van der Waals surface area contributed by atoms with Crippen molar-refractivity contribution in [3.8, 4) is 0 Å². The van der Waals surface area contributed by atoms with Crippen molar-refractivity contribution in [2.24, 2.45) is 5.41 Å². The number of carboxylic acid groups (broad SMARTS) is 1. The van der Waals surface area contributed by atoms with Gasteiger partial charge in [-0.3, -0.25) is 4.79 Å². The summed E-state index contributed by atoms with van der Waals surface area (Å²) in [6, 6.07) is 0. The molecule has 0 saturated heterocycles. The molecule has 2 N–H and O–H groups in total. The Morgan fingerprint density at radius 1 is 1.33 bits per heavy atom. The summed E-state index contributed by atoms with van der Waals surface area (Å²) in [6.07, 6.45) is 0. The predicted octanol–water partition coefficient (Wildman–Crippen LogP) is 0.724. The van der Waals surface area contributed by atoms with Gasteiger partial charge < -0.3 is 15.0 Å². The third kappa shape index (κ3) is 22.4. The molecule has 1 radical (unpaired) electrons. The summed E-state index contributed by atoms with van der Waals surface area (Å²) in [6.45, 7) is 5.49. The summed E-state index contributed by atoms with van der Waals surface area (Å²) in [4.78, 5) is 18.3. The second-order valence-corrected chi connectivity index (χ2v) is 2.65. The first-order valence-corrected chi connectivity index (χ1v) is 2.61. The van der Waals surface area contributed by atoms with Gasteiger partial charge in [0.25, 0.3) is 0 Å². The van der Waals surface area contributed by atoms with Gasteiger partial charge >= 0.3 is 28.3 Å². The van der Waals surface area contributed by atoms with Crippen LogP contribution in [0.3, 0.4) is 0 Å². The van der Waals surface area contributed by atoms with E-state index in [2.05, 4.69) is 0 Å². The van der Waals surface area contributed by atoms with E-state index >= 15 is 0 Å². The smallest absolute Gasteiger partial charge is 0.665 e. The molecule has 0 amide bonds. The minimum absolute atomic E-state index is 0. The zero-order chi connectivity index (χ0) is 8.78. The van der Waals surface area contributed by atoms with Crippen LogP contribution in [-0.4, -0.2) is 22.7 Å². The molecule has 0 aromatic carbocycles. The largest absolute Gasteiger partial charge is 1.00 e. The van der Waals surface area contributed by atoms with E-state index in [1.807, 2.05) is 0 Å². The summed E-state index contributed by atoms with van der Waals surface area (Å²) >= 11 is 0. The topological polar surface area (TPSA) is 74.6 Å². The van der Waals surface area contributed by atoms with E-state index in [0.29, 0.717) is 6.47 Å². The zero-order valence-corrected chi connectivity index (χ0v) is 9.78. The Morgan fingerprint density at radius 3 is 1.42 bits per heavy atom. The molecule has 6 heteroatoms. The van der Waals surface area contributed by atoms with E-state index in [-0.39, 0.29) is 44.8 Å². The number of rotatable bonds is 0. The van der Waals surface area contributed by atoms with Gasteiger partial charge in [0.05, 0.1) is 5.41 Å². The third-order valence-electron chi connectivity index (χ3n) is 0.642. The van der Waals surface area contributed by atoms with Crippen molar-refractivity contribution in [3.63, 3.8) is 0 Å². The van der Waals surface area contributed by atoms with Crippen molar-refractivity contribution in [2.45, 2.75) is 20.8 Å². The van der Waals surface area contributed by atoms with Crippen LogP contribution in [0.25, 0.3) is 0 Å². The molecule has 0 bridgehead atoms. The first kappa shape index (κ1) is 22.8. The molecule has 81 valence electrons. The molecule has 0 aromatic rings. The monoisotopic (exact) mass is 361 g/mol. The van der Waals surface area contributed by atoms with Crippen molar-refractivity contribution in [3.05, 3.63) is 0 Å². The van der Waals surface area contributed by atoms with Gasteiger partial charge in [0, 0.05) is 22.4 Å². The number of hydrogen-bond donors (Lipinski definition) is 2. The number of hydrogen-bond acceptors (Lipinski definition) is 2. The Labute approximate surface area is 103 Å². The molecule has 0 rings (SSSR count). The molecule has 0 fully saturated rings. The molecule has 0 unspecified atom stereocenters. The summed E-state index contributed by atoms with van der Waals surface area (Å²) in [5.41, 5.74) is -0.583. The molecule has 0 atom stereocenters. The summed E-state index contributed by atoms with van der Waals surface area (Å²) in [5.74, 6) is -0.757.